The molecule has 1 aliphatic rings. The molecule has 1 aromatic heterocycles. The first-order valence-corrected chi connectivity index (χ1v) is 8.11. The van der Waals surface area contributed by atoms with Crippen LogP contribution in [0.25, 0.3) is 0 Å². The van der Waals surface area contributed by atoms with Crippen LogP contribution in [0.1, 0.15) is 21.5 Å². The lowest BCUT2D eigenvalue weighted by Crippen LogP contribution is -2.36. The lowest BCUT2D eigenvalue weighted by Gasteiger charge is -2.28. The van der Waals surface area contributed by atoms with Gasteiger partial charge in [-0.3, -0.25) is 4.79 Å². The van der Waals surface area contributed by atoms with E-state index >= 15 is 0 Å². The second-order valence-electron chi connectivity index (χ2n) is 5.71. The van der Waals surface area contributed by atoms with Crippen molar-refractivity contribution in [1.82, 2.24) is 10.3 Å². The molecule has 6 nitrogen and oxygen atoms in total. The minimum absolute atomic E-state index is 0.0942. The molecule has 3 N–H and O–H groups in total. The van der Waals surface area contributed by atoms with Crippen LogP contribution in [-0.2, 0) is 17.8 Å². The number of morpholine rings is 1. The highest BCUT2D eigenvalue weighted by Gasteiger charge is 2.13. The number of aromatic nitrogens is 1. The number of anilines is 1. The first-order valence-electron chi connectivity index (χ1n) is 8.11. The van der Waals surface area contributed by atoms with E-state index in [-0.39, 0.29) is 5.91 Å². The van der Waals surface area contributed by atoms with Crippen LogP contribution in [0.3, 0.4) is 0 Å². The van der Waals surface area contributed by atoms with Gasteiger partial charge in [0, 0.05) is 37.9 Å². The number of benzene rings is 1. The largest absolute Gasteiger partial charge is 0.378 e. The molecule has 0 bridgehead atoms. The molecule has 0 spiro atoms. The lowest BCUT2D eigenvalue weighted by molar-refractivity contribution is 0.0951. The number of hydrogen-bond acceptors (Lipinski definition) is 5. The summed E-state index contributed by atoms with van der Waals surface area (Å²) in [6.45, 7) is 4.08. The fourth-order valence-corrected chi connectivity index (χ4v) is 2.61. The molecule has 6 heteroatoms. The Kier molecular flexibility index (Phi) is 5.40. The Morgan fingerprint density at radius 2 is 1.92 bits per heavy atom. The normalized spacial score (nSPS) is 14.5. The molecule has 2 heterocycles. The number of carbonyl (C=O) groups is 1. The summed E-state index contributed by atoms with van der Waals surface area (Å²) in [5, 5.41) is 2.94. The molecular formula is C18H22N4O2. The van der Waals surface area contributed by atoms with Crippen LogP contribution in [-0.4, -0.2) is 37.2 Å². The van der Waals surface area contributed by atoms with E-state index in [1.165, 1.54) is 0 Å². The molecule has 126 valence electrons. The summed E-state index contributed by atoms with van der Waals surface area (Å²) in [7, 11) is 0. The first-order chi connectivity index (χ1) is 11.8. The standard InChI is InChI=1S/C18H22N4O2/c19-12-14-1-3-16(4-2-14)18(23)21-13-15-5-6-20-17(11-15)22-7-9-24-10-8-22/h1-6,11H,7-10,12-13,19H2,(H,21,23). The molecule has 3 rings (SSSR count). The Labute approximate surface area is 141 Å². The predicted molar refractivity (Wildman–Crippen MR) is 92.8 cm³/mol. The molecule has 0 aliphatic carbocycles. The molecule has 1 fully saturated rings. The average Bonchev–Trinajstić information content (AvgIpc) is 2.67. The maximum atomic E-state index is 12.2. The molecule has 0 radical (unpaired) electrons. The maximum Gasteiger partial charge on any atom is 0.251 e. The third-order valence-corrected chi connectivity index (χ3v) is 4.05. The topological polar surface area (TPSA) is 80.5 Å². The van der Waals surface area contributed by atoms with E-state index in [2.05, 4.69) is 15.2 Å². The second kappa shape index (κ2) is 7.90. The number of hydrogen-bond donors (Lipinski definition) is 2. The SMILES string of the molecule is NCc1ccc(C(=O)NCc2ccnc(N3CCOCC3)c2)cc1. The molecular weight excluding hydrogens is 304 g/mol. The van der Waals surface area contributed by atoms with Gasteiger partial charge in [-0.1, -0.05) is 12.1 Å². The van der Waals surface area contributed by atoms with Gasteiger partial charge in [0.25, 0.3) is 5.91 Å². The van der Waals surface area contributed by atoms with E-state index in [4.69, 9.17) is 10.5 Å². The van der Waals surface area contributed by atoms with Crippen molar-refractivity contribution in [3.63, 3.8) is 0 Å². The molecule has 2 aromatic rings. The Hall–Kier alpha value is -2.44. The van der Waals surface area contributed by atoms with Crippen molar-refractivity contribution in [3.05, 3.63) is 59.3 Å². The maximum absolute atomic E-state index is 12.2. The summed E-state index contributed by atoms with van der Waals surface area (Å²) in [6, 6.07) is 11.3. The van der Waals surface area contributed by atoms with Gasteiger partial charge in [0.1, 0.15) is 5.82 Å². The van der Waals surface area contributed by atoms with Crippen molar-refractivity contribution in [2.45, 2.75) is 13.1 Å². The molecule has 1 aliphatic heterocycles. The highest BCUT2D eigenvalue weighted by Crippen LogP contribution is 2.14. The van der Waals surface area contributed by atoms with Gasteiger partial charge in [0.2, 0.25) is 0 Å². The molecule has 1 saturated heterocycles. The number of nitrogens with zero attached hydrogens (tertiary/aromatic N) is 2. The van der Waals surface area contributed by atoms with Gasteiger partial charge in [0.05, 0.1) is 13.2 Å². The number of nitrogens with one attached hydrogen (secondary N) is 1. The van der Waals surface area contributed by atoms with Gasteiger partial charge in [-0.2, -0.15) is 0 Å². The lowest BCUT2D eigenvalue weighted by atomic mass is 10.1. The van der Waals surface area contributed by atoms with E-state index in [0.29, 0.717) is 18.7 Å². The Morgan fingerprint density at radius 1 is 1.17 bits per heavy atom. The Balaban J connectivity index is 1.60. The number of carbonyl (C=O) groups excluding carboxylic acids is 1. The number of amides is 1. The molecule has 24 heavy (non-hydrogen) atoms. The van der Waals surface area contributed by atoms with E-state index in [1.54, 1.807) is 18.3 Å². The summed E-state index contributed by atoms with van der Waals surface area (Å²) in [5.74, 6) is 0.834. The quantitative estimate of drug-likeness (QED) is 0.866. The summed E-state index contributed by atoms with van der Waals surface area (Å²) in [4.78, 5) is 18.8. The minimum atomic E-state index is -0.0942. The van der Waals surface area contributed by atoms with Crippen molar-refractivity contribution >= 4 is 11.7 Å². The highest BCUT2D eigenvalue weighted by atomic mass is 16.5. The summed E-state index contributed by atoms with van der Waals surface area (Å²) in [5.41, 5.74) is 8.24. The van der Waals surface area contributed by atoms with Crippen molar-refractivity contribution in [1.29, 1.82) is 0 Å². The summed E-state index contributed by atoms with van der Waals surface area (Å²) >= 11 is 0. The molecule has 0 atom stereocenters. The third-order valence-electron chi connectivity index (χ3n) is 4.05. The van der Waals surface area contributed by atoms with Gasteiger partial charge in [-0.05, 0) is 35.4 Å². The smallest absolute Gasteiger partial charge is 0.251 e. The molecule has 1 amide bonds. The monoisotopic (exact) mass is 326 g/mol. The van der Waals surface area contributed by atoms with Crippen LogP contribution >= 0.6 is 0 Å². The van der Waals surface area contributed by atoms with E-state index in [9.17, 15) is 4.79 Å². The Bertz CT molecular complexity index is 682. The predicted octanol–water partition coefficient (Wildman–Crippen LogP) is 1.31. The van der Waals surface area contributed by atoms with E-state index in [0.717, 1.165) is 43.2 Å². The van der Waals surface area contributed by atoms with E-state index in [1.807, 2.05) is 24.3 Å². The third kappa shape index (κ3) is 4.10. The zero-order chi connectivity index (χ0) is 16.8. The number of pyridine rings is 1. The highest BCUT2D eigenvalue weighted by molar-refractivity contribution is 5.94. The minimum Gasteiger partial charge on any atom is -0.378 e. The zero-order valence-corrected chi connectivity index (χ0v) is 13.6. The zero-order valence-electron chi connectivity index (χ0n) is 13.6. The van der Waals surface area contributed by atoms with Crippen LogP contribution in [0.15, 0.2) is 42.6 Å². The first kappa shape index (κ1) is 16.4. The molecule has 0 unspecified atom stereocenters. The summed E-state index contributed by atoms with van der Waals surface area (Å²) < 4.78 is 5.36. The van der Waals surface area contributed by atoms with Crippen molar-refractivity contribution in [3.8, 4) is 0 Å². The number of rotatable bonds is 5. The van der Waals surface area contributed by atoms with Crippen molar-refractivity contribution in [2.75, 3.05) is 31.2 Å². The second-order valence-corrected chi connectivity index (χ2v) is 5.71. The van der Waals surface area contributed by atoms with Crippen LogP contribution < -0.4 is 16.0 Å². The molecule has 1 aromatic carbocycles. The van der Waals surface area contributed by atoms with Crippen LogP contribution in [0, 0.1) is 0 Å². The Morgan fingerprint density at radius 3 is 2.62 bits per heavy atom. The van der Waals surface area contributed by atoms with Gasteiger partial charge in [0.15, 0.2) is 0 Å². The van der Waals surface area contributed by atoms with Crippen LogP contribution in [0.4, 0.5) is 5.82 Å². The van der Waals surface area contributed by atoms with Gasteiger partial charge >= 0.3 is 0 Å². The fraction of sp³-hybridized carbons (Fsp3) is 0.333. The van der Waals surface area contributed by atoms with Gasteiger partial charge in [-0.15, -0.1) is 0 Å². The summed E-state index contributed by atoms with van der Waals surface area (Å²) in [6.07, 6.45) is 1.78. The fourth-order valence-electron chi connectivity index (χ4n) is 2.61. The van der Waals surface area contributed by atoms with Crippen LogP contribution in [0.5, 0.6) is 0 Å². The van der Waals surface area contributed by atoms with Gasteiger partial charge < -0.3 is 20.7 Å². The van der Waals surface area contributed by atoms with Crippen molar-refractivity contribution in [2.24, 2.45) is 5.73 Å². The van der Waals surface area contributed by atoms with Crippen molar-refractivity contribution < 1.29 is 9.53 Å². The van der Waals surface area contributed by atoms with Crippen LogP contribution in [0.2, 0.25) is 0 Å². The van der Waals surface area contributed by atoms with Gasteiger partial charge in [-0.25, -0.2) is 4.98 Å². The molecule has 0 saturated carbocycles. The number of ether oxygens (including phenoxy) is 1. The number of nitrogens with two attached hydrogens (primary N) is 1. The average molecular weight is 326 g/mol. The van der Waals surface area contributed by atoms with E-state index < -0.39 is 0 Å².